The van der Waals surface area contributed by atoms with Crippen molar-refractivity contribution in [1.29, 1.82) is 0 Å². The first-order chi connectivity index (χ1) is 14.6. The molecular formula is C21H34N3O4S2+. The average Bonchev–Trinajstić information content (AvgIpc) is 3.20. The second-order valence-corrected chi connectivity index (χ2v) is 10.5. The number of aliphatic carboxylic acids is 1. The van der Waals surface area contributed by atoms with E-state index in [9.17, 15) is 9.59 Å². The summed E-state index contributed by atoms with van der Waals surface area (Å²) < 4.78 is 6.77. The van der Waals surface area contributed by atoms with Gasteiger partial charge >= 0.3 is 12.0 Å². The molecule has 2 saturated carbocycles. The number of urea groups is 1. The zero-order valence-corrected chi connectivity index (χ0v) is 19.4. The van der Waals surface area contributed by atoms with Crippen LogP contribution >= 0.6 is 23.1 Å². The third-order valence-electron chi connectivity index (χ3n) is 5.90. The van der Waals surface area contributed by atoms with Crippen molar-refractivity contribution in [3.05, 3.63) is 6.20 Å². The molecule has 0 radical (unpaired) electrons. The van der Waals surface area contributed by atoms with E-state index in [1.54, 1.807) is 11.5 Å². The van der Waals surface area contributed by atoms with Gasteiger partial charge in [-0.15, -0.1) is 11.8 Å². The summed E-state index contributed by atoms with van der Waals surface area (Å²) in [4.78, 5) is 30.6. The Balaban J connectivity index is 1.62. The second kappa shape index (κ2) is 12.0. The third-order valence-corrected chi connectivity index (χ3v) is 8.03. The Hall–Kier alpha value is -1.16. The van der Waals surface area contributed by atoms with Gasteiger partial charge in [0.05, 0.1) is 22.3 Å². The van der Waals surface area contributed by atoms with Crippen LogP contribution in [0.5, 0.6) is 0 Å². The zero-order valence-electron chi connectivity index (χ0n) is 17.8. The summed E-state index contributed by atoms with van der Waals surface area (Å²) in [6.07, 6.45) is 12.9. The number of nitrogens with zero attached hydrogens (tertiary/aromatic N) is 2. The Morgan fingerprint density at radius 1 is 1.20 bits per heavy atom. The minimum atomic E-state index is -0.850. The number of nitrogens with two attached hydrogens (primary N) is 1. The van der Waals surface area contributed by atoms with E-state index >= 15 is 0 Å². The van der Waals surface area contributed by atoms with Gasteiger partial charge in [0, 0.05) is 18.7 Å². The van der Waals surface area contributed by atoms with Crippen molar-refractivity contribution in [3.8, 4) is 0 Å². The number of carbonyl (C=O) groups excluding carboxylic acids is 1. The molecule has 0 unspecified atom stereocenters. The topological polar surface area (TPSA) is 96.3 Å². The summed E-state index contributed by atoms with van der Waals surface area (Å²) >= 11 is 2.63. The number of carboxylic acids is 1. The van der Waals surface area contributed by atoms with Crippen LogP contribution in [0.1, 0.15) is 71.1 Å². The van der Waals surface area contributed by atoms with Crippen LogP contribution in [0.4, 0.5) is 9.93 Å². The van der Waals surface area contributed by atoms with Crippen LogP contribution in [-0.2, 0) is 9.53 Å². The van der Waals surface area contributed by atoms with E-state index in [-0.39, 0.29) is 17.8 Å². The van der Waals surface area contributed by atoms with E-state index in [1.807, 2.05) is 0 Å². The molecule has 168 valence electrons. The minimum absolute atomic E-state index is 0.00707. The molecule has 0 aliphatic heterocycles. The van der Waals surface area contributed by atoms with E-state index in [0.29, 0.717) is 17.3 Å². The van der Waals surface area contributed by atoms with Crippen molar-refractivity contribution in [1.82, 2.24) is 9.88 Å². The Bertz CT molecular complexity index is 686. The molecule has 2 aliphatic carbocycles. The number of hydrogen-bond donors (Lipinski definition) is 2. The van der Waals surface area contributed by atoms with Gasteiger partial charge in [-0.3, -0.25) is 9.69 Å². The number of rotatable bonds is 9. The van der Waals surface area contributed by atoms with Crippen LogP contribution in [0.2, 0.25) is 0 Å². The molecule has 2 amide bonds. The number of aromatic nitrogens is 1. The third kappa shape index (κ3) is 6.93. The maximum absolute atomic E-state index is 13.3. The van der Waals surface area contributed by atoms with E-state index in [1.165, 1.54) is 42.4 Å². The Morgan fingerprint density at radius 2 is 1.90 bits per heavy atom. The number of ether oxygens (including phenoxy) is 1. The fourth-order valence-electron chi connectivity index (χ4n) is 4.51. The molecule has 1 aromatic heterocycles. The first-order valence-corrected chi connectivity index (χ1v) is 13.0. The molecule has 2 aliphatic rings. The van der Waals surface area contributed by atoms with Crippen molar-refractivity contribution in [2.75, 3.05) is 12.4 Å². The number of carbonyl (C=O) groups is 2. The van der Waals surface area contributed by atoms with Crippen molar-refractivity contribution >= 4 is 40.2 Å². The summed E-state index contributed by atoms with van der Waals surface area (Å²) in [6, 6.07) is 0.657. The molecule has 0 spiro atoms. The van der Waals surface area contributed by atoms with Gasteiger partial charge in [-0.1, -0.05) is 26.2 Å². The lowest BCUT2D eigenvalue weighted by molar-refractivity contribution is -0.475. The lowest BCUT2D eigenvalue weighted by Gasteiger charge is -2.41. The molecule has 1 aromatic rings. The van der Waals surface area contributed by atoms with Gasteiger partial charge in [0.1, 0.15) is 0 Å². The lowest BCUT2D eigenvalue weighted by Crippen LogP contribution is -2.87. The number of hydrogen-bond acceptors (Lipinski definition) is 6. The molecule has 0 bridgehead atoms. The first kappa shape index (κ1) is 23.5. The van der Waals surface area contributed by atoms with E-state index in [2.05, 4.69) is 16.8 Å². The number of thioether (sulfide) groups is 1. The largest absolute Gasteiger partial charge is 0.481 e. The maximum atomic E-state index is 13.3. The molecule has 3 rings (SSSR count). The SMILES string of the molecule is CCCOC1CCC(N(C(=O)[NH2+]c2ncc(SCC(=O)O)s2)C2CCCCC2)CC1. The predicted molar refractivity (Wildman–Crippen MR) is 118 cm³/mol. The van der Waals surface area contributed by atoms with E-state index in [4.69, 9.17) is 9.84 Å². The fraction of sp³-hybridized carbons (Fsp3) is 0.762. The molecular weight excluding hydrogens is 422 g/mol. The highest BCUT2D eigenvalue weighted by Gasteiger charge is 2.37. The van der Waals surface area contributed by atoms with Gasteiger partial charge in [-0.25, -0.2) is 10.1 Å². The van der Waals surface area contributed by atoms with Crippen LogP contribution in [0.15, 0.2) is 10.4 Å². The van der Waals surface area contributed by atoms with Gasteiger partial charge in [-0.2, -0.15) is 4.98 Å². The Labute approximate surface area is 187 Å². The summed E-state index contributed by atoms with van der Waals surface area (Å²) in [5.41, 5.74) is 0. The summed E-state index contributed by atoms with van der Waals surface area (Å²) in [5.74, 6) is -0.843. The second-order valence-electron chi connectivity index (χ2n) is 8.18. The monoisotopic (exact) mass is 456 g/mol. The Kier molecular flexibility index (Phi) is 9.42. The average molecular weight is 457 g/mol. The fourth-order valence-corrected chi connectivity index (χ4v) is 6.15. The van der Waals surface area contributed by atoms with Crippen molar-refractivity contribution in [3.63, 3.8) is 0 Å². The molecule has 30 heavy (non-hydrogen) atoms. The smallest absolute Gasteiger partial charge is 0.423 e. The molecule has 3 N–H and O–H groups in total. The van der Waals surface area contributed by atoms with Gasteiger partial charge in [0.15, 0.2) is 0 Å². The lowest BCUT2D eigenvalue weighted by atomic mass is 9.88. The van der Waals surface area contributed by atoms with Crippen molar-refractivity contribution in [2.24, 2.45) is 0 Å². The number of amides is 2. The predicted octanol–water partition coefficient (Wildman–Crippen LogP) is 4.01. The van der Waals surface area contributed by atoms with Gasteiger partial charge < -0.3 is 9.84 Å². The highest BCUT2D eigenvalue weighted by Crippen LogP contribution is 2.31. The molecule has 7 nitrogen and oxygen atoms in total. The number of primary amides is 1. The van der Waals surface area contributed by atoms with Gasteiger partial charge in [-0.05, 0) is 56.3 Å². The van der Waals surface area contributed by atoms with Gasteiger partial charge in [0.25, 0.3) is 5.13 Å². The summed E-state index contributed by atoms with van der Waals surface area (Å²) in [7, 11) is 0. The molecule has 0 saturated heterocycles. The molecule has 1 heterocycles. The van der Waals surface area contributed by atoms with Crippen LogP contribution in [-0.4, -0.2) is 57.5 Å². The molecule has 0 atom stereocenters. The van der Waals surface area contributed by atoms with Crippen LogP contribution in [0.25, 0.3) is 0 Å². The van der Waals surface area contributed by atoms with E-state index in [0.717, 1.165) is 55.8 Å². The van der Waals surface area contributed by atoms with Crippen LogP contribution in [0, 0.1) is 0 Å². The minimum Gasteiger partial charge on any atom is -0.481 e. The number of thiazole rings is 1. The van der Waals surface area contributed by atoms with Crippen LogP contribution in [0.3, 0.4) is 0 Å². The highest BCUT2D eigenvalue weighted by atomic mass is 32.2. The molecule has 0 aromatic carbocycles. The zero-order chi connectivity index (χ0) is 21.3. The van der Waals surface area contributed by atoms with Crippen molar-refractivity contribution < 1.29 is 24.7 Å². The van der Waals surface area contributed by atoms with Gasteiger partial charge in [0.2, 0.25) is 0 Å². The summed E-state index contributed by atoms with van der Waals surface area (Å²) in [6.45, 7) is 2.95. The van der Waals surface area contributed by atoms with E-state index < -0.39 is 5.97 Å². The Morgan fingerprint density at radius 3 is 2.57 bits per heavy atom. The highest BCUT2D eigenvalue weighted by molar-refractivity contribution is 8.01. The normalized spacial score (nSPS) is 22.7. The number of carboxylic acid groups (broad SMARTS) is 1. The molecule has 9 heteroatoms. The molecule has 2 fully saturated rings. The van der Waals surface area contributed by atoms with Crippen LogP contribution < -0.4 is 5.32 Å². The summed E-state index contributed by atoms with van der Waals surface area (Å²) in [5, 5.41) is 11.2. The standard InChI is InChI=1S/C21H33N3O4S2/c1-2-12-28-17-10-8-16(9-11-17)24(15-6-4-3-5-7-15)21(27)23-20-22-13-19(30-20)29-14-18(25)26/h13,15-17H,2-12,14H2,1H3,(H,25,26)(H,22,23,27)/p+1. The van der Waals surface area contributed by atoms with Crippen molar-refractivity contribution in [2.45, 2.75) is 93.5 Å². The first-order valence-electron chi connectivity index (χ1n) is 11.2. The maximum Gasteiger partial charge on any atom is 0.423 e. The number of quaternary nitrogens is 1. The quantitative estimate of drug-likeness (QED) is 0.545.